The van der Waals surface area contributed by atoms with Gasteiger partial charge in [-0.15, -0.1) is 11.8 Å². The first kappa shape index (κ1) is 20.0. The Balaban J connectivity index is 1.89. The fourth-order valence-electron chi connectivity index (χ4n) is 2.62. The summed E-state index contributed by atoms with van der Waals surface area (Å²) in [6.45, 7) is 5.48. The monoisotopic (exact) mass is 371 g/mol. The third-order valence-electron chi connectivity index (χ3n) is 4.01. The second-order valence-electron chi connectivity index (χ2n) is 6.30. The topological polar surface area (TPSA) is 57.6 Å². The molecule has 0 saturated heterocycles. The van der Waals surface area contributed by atoms with E-state index in [2.05, 4.69) is 38.1 Å². The number of carboxylic acid groups (broad SMARTS) is 1. The van der Waals surface area contributed by atoms with Crippen LogP contribution in [0.25, 0.3) is 0 Å². The van der Waals surface area contributed by atoms with Gasteiger partial charge in [-0.25, -0.2) is 4.79 Å². The second kappa shape index (κ2) is 10.0. The Morgan fingerprint density at radius 2 is 1.81 bits per heavy atom. The number of carboxylic acids is 1. The number of aryl methyl sites for hydroxylation is 1. The minimum absolute atomic E-state index is 0.117. The van der Waals surface area contributed by atoms with Crippen LogP contribution in [-0.2, 0) is 17.1 Å². The number of hydrogen-bond donors (Lipinski definition) is 1. The van der Waals surface area contributed by atoms with E-state index in [0.717, 1.165) is 24.1 Å². The number of nitrogens with zero attached hydrogens (tertiary/aromatic N) is 1. The summed E-state index contributed by atoms with van der Waals surface area (Å²) in [5, 5.41) is 9.04. The molecule has 5 heteroatoms. The molecule has 2 aromatic rings. The standard InChI is InChI=1S/C21H25NO3S/c1-3-11-22(13-17-9-7-16(2)8-10-17)20(23)15-26-14-18-5-4-6-19(12-18)21(24)25/h4-10,12H,3,11,13-15H2,1-2H3,(H,24,25). The lowest BCUT2D eigenvalue weighted by atomic mass is 10.1. The number of thioether (sulfide) groups is 1. The van der Waals surface area contributed by atoms with Gasteiger partial charge in [0.2, 0.25) is 5.91 Å². The van der Waals surface area contributed by atoms with Gasteiger partial charge in [-0.3, -0.25) is 4.79 Å². The van der Waals surface area contributed by atoms with Gasteiger partial charge in [0.1, 0.15) is 0 Å². The number of rotatable bonds is 9. The highest BCUT2D eigenvalue weighted by molar-refractivity contribution is 7.99. The first-order chi connectivity index (χ1) is 12.5. The lowest BCUT2D eigenvalue weighted by Crippen LogP contribution is -2.32. The molecule has 0 unspecified atom stereocenters. The third-order valence-corrected chi connectivity index (χ3v) is 5.00. The number of carbonyl (C=O) groups excluding carboxylic acids is 1. The molecule has 0 fully saturated rings. The van der Waals surface area contributed by atoms with E-state index in [4.69, 9.17) is 5.11 Å². The maximum atomic E-state index is 12.6. The highest BCUT2D eigenvalue weighted by Crippen LogP contribution is 2.16. The molecule has 0 heterocycles. The van der Waals surface area contributed by atoms with Gasteiger partial charge in [-0.2, -0.15) is 0 Å². The summed E-state index contributed by atoms with van der Waals surface area (Å²) in [5.74, 6) is 0.201. The van der Waals surface area contributed by atoms with E-state index in [9.17, 15) is 9.59 Å². The zero-order chi connectivity index (χ0) is 18.9. The van der Waals surface area contributed by atoms with Crippen molar-refractivity contribution in [3.05, 3.63) is 70.8 Å². The normalized spacial score (nSPS) is 10.5. The van der Waals surface area contributed by atoms with Crippen LogP contribution in [0.5, 0.6) is 0 Å². The van der Waals surface area contributed by atoms with E-state index in [1.807, 2.05) is 11.0 Å². The summed E-state index contributed by atoms with van der Waals surface area (Å²) >= 11 is 1.52. The highest BCUT2D eigenvalue weighted by Gasteiger charge is 2.13. The molecule has 1 amide bonds. The van der Waals surface area contributed by atoms with E-state index < -0.39 is 5.97 Å². The number of carbonyl (C=O) groups is 2. The molecular weight excluding hydrogens is 346 g/mol. The number of benzene rings is 2. The predicted molar refractivity (Wildman–Crippen MR) is 106 cm³/mol. The van der Waals surface area contributed by atoms with Gasteiger partial charge in [-0.05, 0) is 36.6 Å². The van der Waals surface area contributed by atoms with E-state index in [-0.39, 0.29) is 11.5 Å². The molecule has 1 N–H and O–H groups in total. The molecule has 0 radical (unpaired) electrons. The summed E-state index contributed by atoms with van der Waals surface area (Å²) in [4.78, 5) is 25.5. The maximum Gasteiger partial charge on any atom is 0.335 e. The summed E-state index contributed by atoms with van der Waals surface area (Å²) in [7, 11) is 0. The predicted octanol–water partition coefficient (Wildman–Crippen LogP) is 4.37. The molecular formula is C21H25NO3S. The molecule has 26 heavy (non-hydrogen) atoms. The van der Waals surface area contributed by atoms with Crippen LogP contribution in [0.2, 0.25) is 0 Å². The Hall–Kier alpha value is -2.27. The van der Waals surface area contributed by atoms with E-state index in [1.165, 1.54) is 17.3 Å². The maximum absolute atomic E-state index is 12.6. The second-order valence-corrected chi connectivity index (χ2v) is 7.28. The van der Waals surface area contributed by atoms with Gasteiger partial charge in [0.25, 0.3) is 0 Å². The molecule has 0 aliphatic rings. The first-order valence-electron chi connectivity index (χ1n) is 8.73. The van der Waals surface area contributed by atoms with Gasteiger partial charge >= 0.3 is 5.97 Å². The Morgan fingerprint density at radius 1 is 1.08 bits per heavy atom. The van der Waals surface area contributed by atoms with Gasteiger partial charge in [0, 0.05) is 18.8 Å². The van der Waals surface area contributed by atoms with Gasteiger partial charge in [0.15, 0.2) is 0 Å². The largest absolute Gasteiger partial charge is 0.478 e. The summed E-state index contributed by atoms with van der Waals surface area (Å²) in [6, 6.07) is 15.1. The summed E-state index contributed by atoms with van der Waals surface area (Å²) in [5.41, 5.74) is 3.54. The van der Waals surface area contributed by atoms with Crippen LogP contribution in [0.3, 0.4) is 0 Å². The molecule has 4 nitrogen and oxygen atoms in total. The number of aromatic carboxylic acids is 1. The molecule has 0 spiro atoms. The van der Waals surface area contributed by atoms with Gasteiger partial charge in [0.05, 0.1) is 11.3 Å². The Morgan fingerprint density at radius 3 is 2.46 bits per heavy atom. The van der Waals surface area contributed by atoms with Crippen LogP contribution in [0, 0.1) is 6.92 Å². The average molecular weight is 372 g/mol. The lowest BCUT2D eigenvalue weighted by Gasteiger charge is -2.22. The van der Waals surface area contributed by atoms with Crippen molar-refractivity contribution in [1.82, 2.24) is 4.90 Å². The van der Waals surface area contributed by atoms with E-state index >= 15 is 0 Å². The van der Waals surface area contributed by atoms with Crippen LogP contribution in [-0.4, -0.2) is 34.2 Å². The first-order valence-corrected chi connectivity index (χ1v) is 9.88. The van der Waals surface area contributed by atoms with Gasteiger partial charge < -0.3 is 10.0 Å². The quantitative estimate of drug-likeness (QED) is 0.711. The minimum Gasteiger partial charge on any atom is -0.478 e. The zero-order valence-corrected chi connectivity index (χ0v) is 16.1. The molecule has 0 saturated carbocycles. The molecule has 0 bridgehead atoms. The fraction of sp³-hybridized carbons (Fsp3) is 0.333. The zero-order valence-electron chi connectivity index (χ0n) is 15.3. The fourth-order valence-corrected chi connectivity index (χ4v) is 3.49. The van der Waals surface area contributed by atoms with Crippen molar-refractivity contribution in [3.63, 3.8) is 0 Å². The van der Waals surface area contributed by atoms with Crippen molar-refractivity contribution in [2.75, 3.05) is 12.3 Å². The minimum atomic E-state index is -0.930. The van der Waals surface area contributed by atoms with Crippen molar-refractivity contribution in [2.45, 2.75) is 32.6 Å². The third kappa shape index (κ3) is 6.23. The van der Waals surface area contributed by atoms with Crippen molar-refractivity contribution >= 4 is 23.6 Å². The van der Waals surface area contributed by atoms with Crippen molar-refractivity contribution < 1.29 is 14.7 Å². The van der Waals surface area contributed by atoms with Crippen molar-refractivity contribution in [1.29, 1.82) is 0 Å². The van der Waals surface area contributed by atoms with Gasteiger partial charge in [-0.1, -0.05) is 48.9 Å². The molecule has 2 rings (SSSR count). The van der Waals surface area contributed by atoms with Crippen molar-refractivity contribution in [3.8, 4) is 0 Å². The molecule has 2 aromatic carbocycles. The molecule has 138 valence electrons. The average Bonchev–Trinajstić information content (AvgIpc) is 2.63. The molecule has 0 aliphatic carbocycles. The Kier molecular flexibility index (Phi) is 7.73. The Labute approximate surface area is 159 Å². The van der Waals surface area contributed by atoms with Crippen molar-refractivity contribution in [2.24, 2.45) is 0 Å². The van der Waals surface area contributed by atoms with E-state index in [0.29, 0.717) is 18.1 Å². The van der Waals surface area contributed by atoms with Crippen LogP contribution < -0.4 is 0 Å². The molecule has 0 aliphatic heterocycles. The van der Waals surface area contributed by atoms with Crippen LogP contribution in [0.4, 0.5) is 0 Å². The smallest absolute Gasteiger partial charge is 0.335 e. The Bertz CT molecular complexity index is 743. The molecule has 0 atom stereocenters. The SMILES string of the molecule is CCCN(Cc1ccc(C)cc1)C(=O)CSCc1cccc(C(=O)O)c1. The number of hydrogen-bond acceptors (Lipinski definition) is 3. The lowest BCUT2D eigenvalue weighted by molar-refractivity contribution is -0.129. The highest BCUT2D eigenvalue weighted by atomic mass is 32.2. The summed E-state index contributed by atoms with van der Waals surface area (Å²) in [6.07, 6.45) is 0.920. The van der Waals surface area contributed by atoms with Crippen LogP contribution >= 0.6 is 11.8 Å². The van der Waals surface area contributed by atoms with E-state index in [1.54, 1.807) is 18.2 Å². The van der Waals surface area contributed by atoms with Crippen LogP contribution in [0.15, 0.2) is 48.5 Å². The van der Waals surface area contributed by atoms with Crippen LogP contribution in [0.1, 0.15) is 40.4 Å². The summed E-state index contributed by atoms with van der Waals surface area (Å²) < 4.78 is 0. The molecule has 0 aromatic heterocycles. The number of amides is 1.